The van der Waals surface area contributed by atoms with E-state index in [4.69, 9.17) is 27.6 Å². The zero-order valence-electron chi connectivity index (χ0n) is 12.7. The van der Waals surface area contributed by atoms with E-state index < -0.39 is 5.97 Å². The van der Waals surface area contributed by atoms with Gasteiger partial charge in [-0.1, -0.05) is 23.2 Å². The number of benzene rings is 1. The summed E-state index contributed by atoms with van der Waals surface area (Å²) >= 11 is 11.9. The Balaban J connectivity index is 2.12. The molecule has 0 unspecified atom stereocenters. The third-order valence-electron chi connectivity index (χ3n) is 3.21. The average Bonchev–Trinajstić information content (AvgIpc) is 2.85. The van der Waals surface area contributed by atoms with E-state index >= 15 is 0 Å². The number of anilines is 1. The Morgan fingerprint density at radius 1 is 1.35 bits per heavy atom. The van der Waals surface area contributed by atoms with Crippen molar-refractivity contribution in [2.45, 2.75) is 26.7 Å². The molecule has 0 saturated carbocycles. The van der Waals surface area contributed by atoms with Gasteiger partial charge in [-0.3, -0.25) is 5.43 Å². The predicted octanol–water partition coefficient (Wildman–Crippen LogP) is 3.41. The van der Waals surface area contributed by atoms with E-state index in [9.17, 15) is 9.90 Å². The van der Waals surface area contributed by atoms with Crippen LogP contribution in [0.5, 0.6) is 0 Å². The fraction of sp³-hybridized carbons (Fsp3) is 0.250. The van der Waals surface area contributed by atoms with Crippen LogP contribution in [0.15, 0.2) is 33.8 Å². The fourth-order valence-corrected chi connectivity index (χ4v) is 2.49. The number of hydrogen-bond acceptors (Lipinski definition) is 5. The summed E-state index contributed by atoms with van der Waals surface area (Å²) in [6.45, 7) is 3.61. The maximum atomic E-state index is 10.5. The quantitative estimate of drug-likeness (QED) is 0.637. The van der Waals surface area contributed by atoms with E-state index in [1.54, 1.807) is 31.2 Å². The molecule has 0 radical (unpaired) electrons. The van der Waals surface area contributed by atoms with Gasteiger partial charge >= 0.3 is 0 Å². The molecule has 1 aromatic heterocycles. The van der Waals surface area contributed by atoms with Crippen molar-refractivity contribution >= 4 is 40.6 Å². The lowest BCUT2D eigenvalue weighted by molar-refractivity contribution is -0.305. The van der Waals surface area contributed by atoms with Crippen LogP contribution in [0.1, 0.15) is 30.4 Å². The molecule has 0 aliphatic heterocycles. The van der Waals surface area contributed by atoms with Gasteiger partial charge in [0.25, 0.3) is 0 Å². The van der Waals surface area contributed by atoms with Crippen LogP contribution in [0, 0.1) is 6.92 Å². The standard InChI is InChI=1S/C16H16Cl2N2O3/c1-9(19-20-15-5-3-11(17)7-14(15)18)13-8-12(23-10(13)2)4-6-16(21)22/h3,5,7-8,20H,4,6H2,1-2H3,(H,21,22)/p-1/b19-9-. The minimum Gasteiger partial charge on any atom is -0.550 e. The number of furan rings is 1. The van der Waals surface area contributed by atoms with Crippen molar-refractivity contribution in [2.75, 3.05) is 5.43 Å². The zero-order chi connectivity index (χ0) is 17.0. The SMILES string of the molecule is C/C(=N/Nc1ccc(Cl)cc1Cl)c1cc(CCC(=O)[O-])oc1C. The highest BCUT2D eigenvalue weighted by atomic mass is 35.5. The summed E-state index contributed by atoms with van der Waals surface area (Å²) < 4.78 is 5.53. The number of aryl methyl sites for hydroxylation is 2. The van der Waals surface area contributed by atoms with Crippen molar-refractivity contribution in [1.82, 2.24) is 0 Å². The number of carboxylic acid groups (broad SMARTS) is 1. The number of aliphatic carboxylic acids is 1. The summed E-state index contributed by atoms with van der Waals surface area (Å²) in [5.74, 6) is 0.148. The molecule has 0 saturated heterocycles. The van der Waals surface area contributed by atoms with E-state index in [-0.39, 0.29) is 12.8 Å². The first-order chi connectivity index (χ1) is 10.9. The molecule has 0 bridgehead atoms. The van der Waals surface area contributed by atoms with Gasteiger partial charge in [0.1, 0.15) is 11.5 Å². The number of carbonyl (C=O) groups is 1. The second-order valence-electron chi connectivity index (χ2n) is 4.99. The van der Waals surface area contributed by atoms with E-state index in [1.807, 2.05) is 6.92 Å². The Kier molecular flexibility index (Phi) is 5.69. The molecule has 1 N–H and O–H groups in total. The third kappa shape index (κ3) is 4.74. The van der Waals surface area contributed by atoms with Crippen LogP contribution in [0.2, 0.25) is 10.0 Å². The smallest absolute Gasteiger partial charge is 0.110 e. The summed E-state index contributed by atoms with van der Waals surface area (Å²) in [7, 11) is 0. The number of rotatable bonds is 6. The molecule has 7 heteroatoms. The maximum Gasteiger partial charge on any atom is 0.110 e. The third-order valence-corrected chi connectivity index (χ3v) is 3.76. The van der Waals surface area contributed by atoms with Crippen molar-refractivity contribution < 1.29 is 14.3 Å². The summed E-state index contributed by atoms with van der Waals surface area (Å²) in [6.07, 6.45) is 0.202. The van der Waals surface area contributed by atoms with Crippen LogP contribution in [0.4, 0.5) is 5.69 Å². The Labute approximate surface area is 143 Å². The Hall–Kier alpha value is -1.98. The number of carbonyl (C=O) groups excluding carboxylic acids is 1. The molecular formula is C16H15Cl2N2O3-. The molecule has 5 nitrogen and oxygen atoms in total. The lowest BCUT2D eigenvalue weighted by Gasteiger charge is -2.05. The highest BCUT2D eigenvalue weighted by Gasteiger charge is 2.10. The summed E-state index contributed by atoms with van der Waals surface area (Å²) in [5.41, 5.74) is 5.00. The molecule has 0 amide bonds. The minimum atomic E-state index is -1.11. The molecule has 122 valence electrons. The number of carboxylic acids is 1. The number of hydrogen-bond donors (Lipinski definition) is 1. The van der Waals surface area contributed by atoms with Gasteiger partial charge in [-0.15, -0.1) is 0 Å². The largest absolute Gasteiger partial charge is 0.550 e. The van der Waals surface area contributed by atoms with Crippen molar-refractivity contribution in [3.63, 3.8) is 0 Å². The lowest BCUT2D eigenvalue weighted by atomic mass is 10.1. The summed E-state index contributed by atoms with van der Waals surface area (Å²) in [6, 6.07) is 6.84. The van der Waals surface area contributed by atoms with Gasteiger partial charge in [0.15, 0.2) is 0 Å². The highest BCUT2D eigenvalue weighted by Crippen LogP contribution is 2.25. The number of halogens is 2. The van der Waals surface area contributed by atoms with Crippen molar-refractivity contribution in [2.24, 2.45) is 5.10 Å². The maximum absolute atomic E-state index is 10.5. The topological polar surface area (TPSA) is 77.7 Å². The van der Waals surface area contributed by atoms with Gasteiger partial charge in [-0.05, 0) is 44.5 Å². The van der Waals surface area contributed by atoms with Crippen LogP contribution in [-0.2, 0) is 11.2 Å². The monoisotopic (exact) mass is 353 g/mol. The Morgan fingerprint density at radius 2 is 2.09 bits per heavy atom. The van der Waals surface area contributed by atoms with E-state index in [2.05, 4.69) is 10.5 Å². The molecule has 0 spiro atoms. The van der Waals surface area contributed by atoms with Crippen LogP contribution in [0.25, 0.3) is 0 Å². The molecule has 0 aliphatic rings. The van der Waals surface area contributed by atoms with Crippen molar-refractivity contribution in [1.29, 1.82) is 0 Å². The number of nitrogens with zero attached hydrogens (tertiary/aromatic N) is 1. The summed E-state index contributed by atoms with van der Waals surface area (Å²) in [5, 5.41) is 15.8. The van der Waals surface area contributed by atoms with E-state index in [0.29, 0.717) is 33.0 Å². The second-order valence-corrected chi connectivity index (χ2v) is 5.83. The molecule has 0 aliphatic carbocycles. The first kappa shape index (κ1) is 17.4. The molecule has 1 heterocycles. The van der Waals surface area contributed by atoms with Gasteiger partial charge in [0.2, 0.25) is 0 Å². The van der Waals surface area contributed by atoms with Gasteiger partial charge in [-0.25, -0.2) is 0 Å². The van der Waals surface area contributed by atoms with Crippen LogP contribution < -0.4 is 10.5 Å². The van der Waals surface area contributed by atoms with Gasteiger partial charge < -0.3 is 14.3 Å². The molecular weight excluding hydrogens is 339 g/mol. The van der Waals surface area contributed by atoms with Gasteiger partial charge in [0.05, 0.1) is 16.4 Å². The van der Waals surface area contributed by atoms with Crippen LogP contribution in [0.3, 0.4) is 0 Å². The van der Waals surface area contributed by atoms with Crippen LogP contribution in [-0.4, -0.2) is 11.7 Å². The summed E-state index contributed by atoms with van der Waals surface area (Å²) in [4.78, 5) is 10.5. The molecule has 2 aromatic rings. The first-order valence-electron chi connectivity index (χ1n) is 6.91. The molecule has 0 fully saturated rings. The fourth-order valence-electron chi connectivity index (χ4n) is 2.04. The molecule has 2 rings (SSSR count). The second kappa shape index (κ2) is 7.53. The molecule has 1 aromatic carbocycles. The lowest BCUT2D eigenvalue weighted by Crippen LogP contribution is -2.22. The Morgan fingerprint density at radius 3 is 2.74 bits per heavy atom. The Bertz CT molecular complexity index is 754. The normalized spacial score (nSPS) is 11.6. The van der Waals surface area contributed by atoms with Gasteiger partial charge in [-0.2, -0.15) is 5.10 Å². The minimum absolute atomic E-state index is 0.0821. The number of hydrazone groups is 1. The van der Waals surface area contributed by atoms with Crippen molar-refractivity contribution in [3.05, 3.63) is 51.4 Å². The van der Waals surface area contributed by atoms with Crippen molar-refractivity contribution in [3.8, 4) is 0 Å². The molecule has 23 heavy (non-hydrogen) atoms. The van der Waals surface area contributed by atoms with Crippen LogP contribution >= 0.6 is 23.2 Å². The average molecular weight is 354 g/mol. The van der Waals surface area contributed by atoms with E-state index in [0.717, 1.165) is 5.56 Å². The van der Waals surface area contributed by atoms with Gasteiger partial charge in [0, 0.05) is 23.0 Å². The highest BCUT2D eigenvalue weighted by molar-refractivity contribution is 6.36. The first-order valence-corrected chi connectivity index (χ1v) is 7.67. The zero-order valence-corrected chi connectivity index (χ0v) is 14.2. The molecule has 0 atom stereocenters. The van der Waals surface area contributed by atoms with E-state index in [1.165, 1.54) is 0 Å². The predicted molar refractivity (Wildman–Crippen MR) is 89.1 cm³/mol. The number of nitrogens with one attached hydrogen (secondary N) is 1.